The molecule has 0 aliphatic heterocycles. The minimum atomic E-state index is -0.0399. The quantitative estimate of drug-likeness (QED) is 0.143. The van der Waals surface area contributed by atoms with Crippen molar-refractivity contribution in [2.24, 2.45) is 0 Å². The van der Waals surface area contributed by atoms with Crippen molar-refractivity contribution in [3.8, 4) is 33.4 Å². The van der Waals surface area contributed by atoms with Crippen molar-refractivity contribution in [2.75, 3.05) is 0 Å². The van der Waals surface area contributed by atoms with E-state index in [1.165, 1.54) is 0 Å². The molecule has 0 aromatic heterocycles. The van der Waals surface area contributed by atoms with Crippen LogP contribution < -0.4 is 0 Å². The number of hydrogen-bond donors (Lipinski definition) is 0. The summed E-state index contributed by atoms with van der Waals surface area (Å²) in [5, 5.41) is 12.4. The van der Waals surface area contributed by atoms with Crippen molar-refractivity contribution >= 4 is 64.6 Å². The maximum atomic E-state index is 9.58. The smallest absolute Gasteiger partial charge is 0.0622 e. The summed E-state index contributed by atoms with van der Waals surface area (Å²) in [6, 6.07) is 49.7. The summed E-state index contributed by atoms with van der Waals surface area (Å²) in [5.74, 6) is 0. The molecule has 0 heterocycles. The van der Waals surface area contributed by atoms with Gasteiger partial charge in [-0.05, 0) is 110 Å². The van der Waals surface area contributed by atoms with Crippen molar-refractivity contribution in [3.63, 3.8) is 0 Å². The molecule has 10 aromatic rings. The van der Waals surface area contributed by atoms with Crippen LogP contribution in [0.5, 0.6) is 0 Å². The molecule has 0 saturated heterocycles. The molecule has 46 heavy (non-hydrogen) atoms. The average Bonchev–Trinajstić information content (AvgIpc) is 3.16. The van der Waals surface area contributed by atoms with Gasteiger partial charge in [0.05, 0.1) is 5.48 Å². The lowest BCUT2D eigenvalue weighted by molar-refractivity contribution is 1.64. The Bertz CT molecular complexity index is 2990. The van der Waals surface area contributed by atoms with E-state index in [2.05, 4.69) is 97.1 Å². The van der Waals surface area contributed by atoms with E-state index in [1.54, 1.807) is 0 Å². The molecule has 0 amide bonds. The van der Waals surface area contributed by atoms with Crippen LogP contribution in [-0.2, 0) is 0 Å². The van der Waals surface area contributed by atoms with Crippen molar-refractivity contribution in [1.82, 2.24) is 0 Å². The third kappa shape index (κ3) is 3.68. The van der Waals surface area contributed by atoms with Crippen molar-refractivity contribution in [2.45, 2.75) is 0 Å². The van der Waals surface area contributed by atoms with Gasteiger partial charge in [0.1, 0.15) is 0 Å². The lowest BCUT2D eigenvalue weighted by Gasteiger charge is -2.17. The van der Waals surface area contributed by atoms with Crippen molar-refractivity contribution in [3.05, 3.63) is 170 Å². The van der Waals surface area contributed by atoms with E-state index in [9.17, 15) is 5.48 Å². The lowest BCUT2D eigenvalue weighted by Crippen LogP contribution is -1.90. The molecule has 212 valence electrons. The number of fused-ring (bicyclic) bond motifs is 4. The van der Waals surface area contributed by atoms with Gasteiger partial charge in [-0.2, -0.15) is 0 Å². The molecule has 10 aromatic carbocycles. The minimum Gasteiger partial charge on any atom is -0.0622 e. The van der Waals surface area contributed by atoms with E-state index in [0.717, 1.165) is 81.3 Å². The summed E-state index contributed by atoms with van der Waals surface area (Å²) in [7, 11) is 0. The third-order valence-corrected chi connectivity index (χ3v) is 9.64. The number of hydrogen-bond acceptors (Lipinski definition) is 0. The maximum absolute atomic E-state index is 9.58. The van der Waals surface area contributed by atoms with Crippen LogP contribution >= 0.6 is 0 Å². The minimum absolute atomic E-state index is 0.0379. The Morgan fingerprint density at radius 1 is 0.304 bits per heavy atom. The first kappa shape index (κ1) is 21.7. The van der Waals surface area contributed by atoms with E-state index in [-0.39, 0.29) is 24.2 Å². The van der Waals surface area contributed by atoms with Gasteiger partial charge in [-0.1, -0.05) is 158 Å². The van der Waals surface area contributed by atoms with Crippen LogP contribution in [0, 0.1) is 0 Å². The van der Waals surface area contributed by atoms with Crippen LogP contribution in [0.3, 0.4) is 0 Å². The molecule has 0 bridgehead atoms. The van der Waals surface area contributed by atoms with Crippen molar-refractivity contribution in [1.29, 1.82) is 0 Å². The van der Waals surface area contributed by atoms with Gasteiger partial charge in [-0.15, -0.1) is 0 Å². The van der Waals surface area contributed by atoms with Gasteiger partial charge in [-0.3, -0.25) is 0 Å². The highest BCUT2D eigenvalue weighted by Gasteiger charge is 2.16. The summed E-state index contributed by atoms with van der Waals surface area (Å²) in [6.07, 6.45) is 0. The second-order valence-corrected chi connectivity index (χ2v) is 12.1. The average molecular weight is 585 g/mol. The highest BCUT2D eigenvalue weighted by molar-refractivity contribution is 6.26. The van der Waals surface area contributed by atoms with E-state index in [0.29, 0.717) is 16.7 Å². The Morgan fingerprint density at radius 3 is 1.80 bits per heavy atom. The molecule has 0 nitrogen and oxygen atoms in total. The normalized spacial score (nSPS) is 13.1. The van der Waals surface area contributed by atoms with E-state index in [4.69, 9.17) is 0 Å². The van der Waals surface area contributed by atoms with Crippen LogP contribution in [0.2, 0.25) is 0 Å². The maximum Gasteiger partial charge on any atom is 0.0629 e. The molecule has 0 saturated carbocycles. The fourth-order valence-electron chi connectivity index (χ4n) is 7.59. The fraction of sp³-hybridized carbons (Fsp3) is 0. The molecule has 0 radical (unpaired) electrons. The first-order chi connectivity index (χ1) is 24.5. The Hall–Kier alpha value is -5.98. The third-order valence-electron chi connectivity index (χ3n) is 9.64. The highest BCUT2D eigenvalue weighted by atomic mass is 14.2. The summed E-state index contributed by atoms with van der Waals surface area (Å²) in [6.45, 7) is 0. The summed E-state index contributed by atoms with van der Waals surface area (Å²) in [4.78, 5) is 0. The molecule has 0 atom stereocenters. The van der Waals surface area contributed by atoms with Gasteiger partial charge in [0.2, 0.25) is 0 Å². The first-order valence-corrected chi connectivity index (χ1v) is 15.7. The number of rotatable bonds is 3. The second-order valence-electron chi connectivity index (χ2n) is 12.1. The van der Waals surface area contributed by atoms with Crippen LogP contribution in [0.1, 0.15) is 5.48 Å². The molecule has 0 aliphatic rings. The predicted molar refractivity (Wildman–Crippen MR) is 199 cm³/mol. The molecule has 0 unspecified atom stereocenters. The molecular weight excluding hydrogens is 553 g/mol. The van der Waals surface area contributed by atoms with Gasteiger partial charge in [0, 0.05) is 0 Å². The lowest BCUT2D eigenvalue weighted by atomic mass is 9.87. The highest BCUT2D eigenvalue weighted by Crippen LogP contribution is 2.43. The zero-order chi connectivity index (χ0) is 33.7. The summed E-state index contributed by atoms with van der Waals surface area (Å²) in [5.41, 5.74) is 4.36. The van der Waals surface area contributed by atoms with Gasteiger partial charge in [-0.25, -0.2) is 0 Å². The zero-order valence-electron chi connectivity index (χ0n) is 28.9. The molecule has 0 N–H and O–H groups in total. The largest absolute Gasteiger partial charge is 0.0629 e. The van der Waals surface area contributed by atoms with Gasteiger partial charge >= 0.3 is 0 Å². The molecule has 0 aliphatic carbocycles. The summed E-state index contributed by atoms with van der Waals surface area (Å²) >= 11 is 0. The van der Waals surface area contributed by atoms with E-state index < -0.39 is 0 Å². The van der Waals surface area contributed by atoms with E-state index >= 15 is 0 Å². The van der Waals surface area contributed by atoms with Crippen LogP contribution in [-0.4, -0.2) is 0 Å². The Morgan fingerprint density at radius 2 is 0.935 bits per heavy atom. The van der Waals surface area contributed by atoms with Crippen LogP contribution in [0.25, 0.3) is 98.0 Å². The molecular formula is C46H28. The Balaban J connectivity index is 1.29. The summed E-state index contributed by atoms with van der Waals surface area (Å²) < 4.78 is 38.2. The monoisotopic (exact) mass is 584 g/mol. The fourth-order valence-corrected chi connectivity index (χ4v) is 7.59. The van der Waals surface area contributed by atoms with Crippen LogP contribution in [0.15, 0.2) is 170 Å². The number of benzene rings is 10. The van der Waals surface area contributed by atoms with Gasteiger partial charge < -0.3 is 0 Å². The zero-order valence-corrected chi connectivity index (χ0v) is 24.9. The predicted octanol–water partition coefficient (Wildman–Crippen LogP) is 13.0. The standard InChI is InChI=1S/C46H28/c1-2-9-29(10-3-1)36-16-8-17-38-39(36)25-26-41-43(38)27-34-11-4-5-15-37(34)45(41)33-21-19-30(20-22-33)42-28-35-14-6-12-31-23-24-32-13-7-18-40(42)46(32)44(31)35/h1-28H/i19D,20D,21D,22D. The molecule has 0 fully saturated rings. The first-order valence-electron chi connectivity index (χ1n) is 17.7. The van der Waals surface area contributed by atoms with Gasteiger partial charge in [0.25, 0.3) is 0 Å². The Labute approximate surface area is 272 Å². The van der Waals surface area contributed by atoms with Crippen LogP contribution in [0.4, 0.5) is 0 Å². The topological polar surface area (TPSA) is 0 Å². The second kappa shape index (κ2) is 9.76. The van der Waals surface area contributed by atoms with E-state index in [1.807, 2.05) is 48.5 Å². The van der Waals surface area contributed by atoms with Crippen molar-refractivity contribution < 1.29 is 5.48 Å². The van der Waals surface area contributed by atoms with Gasteiger partial charge in [0.15, 0.2) is 0 Å². The SMILES string of the molecule is [2H]c1c([2H])c(-c2cc3cccc4ccc5cccc2c5c43)c([2H])c([2H])c1-c1c2ccccc2cc2c1ccc1c(-c3ccccc3)cccc12. The molecule has 10 rings (SSSR count). The molecule has 0 heteroatoms. The Kier molecular flexibility index (Phi) is 4.60. The molecule has 0 spiro atoms.